The van der Waals surface area contributed by atoms with Crippen LogP contribution in [0.1, 0.15) is 18.7 Å². The number of aromatic nitrogens is 2. The van der Waals surface area contributed by atoms with E-state index < -0.39 is 5.67 Å². The highest BCUT2D eigenvalue weighted by molar-refractivity contribution is 5.80. The number of benzene rings is 1. The maximum atomic E-state index is 13.7. The van der Waals surface area contributed by atoms with Crippen molar-refractivity contribution in [3.05, 3.63) is 30.1 Å². The van der Waals surface area contributed by atoms with Gasteiger partial charge < -0.3 is 15.6 Å². The third-order valence-corrected chi connectivity index (χ3v) is 4.44. The Morgan fingerprint density at radius 2 is 2.23 bits per heavy atom. The minimum absolute atomic E-state index is 0.00298. The van der Waals surface area contributed by atoms with Crippen LogP contribution >= 0.6 is 0 Å². The molecule has 1 aromatic carbocycles. The molecule has 3 N–H and O–H groups in total. The molecule has 1 aliphatic carbocycles. The van der Waals surface area contributed by atoms with E-state index in [9.17, 15) is 9.18 Å². The van der Waals surface area contributed by atoms with Crippen LogP contribution in [0.15, 0.2) is 24.3 Å². The van der Waals surface area contributed by atoms with E-state index in [0.29, 0.717) is 13.1 Å². The first-order valence-corrected chi connectivity index (χ1v) is 7.61. The highest BCUT2D eigenvalue weighted by Crippen LogP contribution is 2.40. The van der Waals surface area contributed by atoms with Gasteiger partial charge in [0.1, 0.15) is 11.5 Å². The Morgan fingerprint density at radius 1 is 1.50 bits per heavy atom. The van der Waals surface area contributed by atoms with Crippen LogP contribution in [0.4, 0.5) is 4.39 Å². The number of hydrogen-bond donors (Lipinski definition) is 2. The largest absolute Gasteiger partial charge is 0.354 e. The average molecular weight is 304 g/mol. The number of amides is 1. The molecule has 1 aromatic heterocycles. The number of halogens is 1. The summed E-state index contributed by atoms with van der Waals surface area (Å²) in [5, 5.41) is 2.88. The van der Waals surface area contributed by atoms with Crippen LogP contribution in [0.5, 0.6) is 0 Å². The third-order valence-electron chi connectivity index (χ3n) is 4.44. The number of para-hydroxylation sites is 2. The Morgan fingerprint density at radius 3 is 2.95 bits per heavy atom. The summed E-state index contributed by atoms with van der Waals surface area (Å²) < 4.78 is 15.8. The summed E-state index contributed by atoms with van der Waals surface area (Å²) in [7, 11) is 0. The lowest BCUT2D eigenvalue weighted by atomic mass is 9.72. The minimum atomic E-state index is -1.33. The lowest BCUT2D eigenvalue weighted by Crippen LogP contribution is -2.51. The van der Waals surface area contributed by atoms with E-state index in [0.717, 1.165) is 16.9 Å². The zero-order valence-electron chi connectivity index (χ0n) is 12.7. The van der Waals surface area contributed by atoms with Crippen molar-refractivity contribution in [2.75, 3.05) is 13.1 Å². The molecule has 0 bridgehead atoms. The first-order chi connectivity index (χ1) is 10.5. The number of nitrogens with zero attached hydrogens (tertiary/aromatic N) is 2. The number of nitrogens with one attached hydrogen (secondary N) is 1. The van der Waals surface area contributed by atoms with Gasteiger partial charge in [0, 0.05) is 25.6 Å². The maximum Gasteiger partial charge on any atom is 0.223 e. The van der Waals surface area contributed by atoms with Gasteiger partial charge in [-0.1, -0.05) is 12.1 Å². The topological polar surface area (TPSA) is 72.9 Å². The van der Waals surface area contributed by atoms with Gasteiger partial charge in [-0.3, -0.25) is 4.79 Å². The molecule has 1 amide bonds. The monoisotopic (exact) mass is 304 g/mol. The van der Waals surface area contributed by atoms with Crippen LogP contribution in [0, 0.1) is 12.8 Å². The fourth-order valence-electron chi connectivity index (χ4n) is 3.09. The molecule has 0 atom stereocenters. The van der Waals surface area contributed by atoms with Crippen molar-refractivity contribution >= 4 is 16.9 Å². The van der Waals surface area contributed by atoms with Crippen molar-refractivity contribution in [3.63, 3.8) is 0 Å². The molecule has 2 aromatic rings. The van der Waals surface area contributed by atoms with Gasteiger partial charge in [-0.25, -0.2) is 9.37 Å². The number of carbonyl (C=O) groups excluding carboxylic acids is 1. The molecule has 118 valence electrons. The molecule has 1 aliphatic rings. The first kappa shape index (κ1) is 15.0. The van der Waals surface area contributed by atoms with Gasteiger partial charge >= 0.3 is 0 Å². The number of aryl methyl sites for hydroxylation is 1. The zero-order chi connectivity index (χ0) is 15.7. The summed E-state index contributed by atoms with van der Waals surface area (Å²) in [5.41, 5.74) is 6.03. The van der Waals surface area contributed by atoms with Crippen molar-refractivity contribution in [3.8, 4) is 0 Å². The summed E-state index contributed by atoms with van der Waals surface area (Å²) in [6.45, 7) is 3.12. The van der Waals surface area contributed by atoms with Crippen LogP contribution in [0.2, 0.25) is 0 Å². The fraction of sp³-hybridized carbons (Fsp3) is 0.500. The molecular weight excluding hydrogens is 283 g/mol. The van der Waals surface area contributed by atoms with Gasteiger partial charge in [0.25, 0.3) is 0 Å². The Balaban J connectivity index is 1.55. The van der Waals surface area contributed by atoms with Gasteiger partial charge in [0.15, 0.2) is 0 Å². The molecule has 0 radical (unpaired) electrons. The molecule has 0 saturated heterocycles. The predicted octanol–water partition coefficient (Wildman–Crippen LogP) is 1.54. The summed E-state index contributed by atoms with van der Waals surface area (Å²) >= 11 is 0. The van der Waals surface area contributed by atoms with Gasteiger partial charge in [0.05, 0.1) is 11.0 Å². The number of imidazole rings is 1. The van der Waals surface area contributed by atoms with Crippen LogP contribution < -0.4 is 11.1 Å². The van der Waals surface area contributed by atoms with Crippen LogP contribution in [0.3, 0.4) is 0 Å². The zero-order valence-corrected chi connectivity index (χ0v) is 12.7. The van der Waals surface area contributed by atoms with Crippen LogP contribution in [0.25, 0.3) is 11.0 Å². The smallest absolute Gasteiger partial charge is 0.223 e. The summed E-state index contributed by atoms with van der Waals surface area (Å²) in [4.78, 5) is 16.5. The fourth-order valence-corrected chi connectivity index (χ4v) is 3.09. The minimum Gasteiger partial charge on any atom is -0.354 e. The Labute approximate surface area is 128 Å². The van der Waals surface area contributed by atoms with Crippen molar-refractivity contribution in [1.29, 1.82) is 0 Å². The van der Waals surface area contributed by atoms with Crippen molar-refractivity contribution in [2.24, 2.45) is 11.7 Å². The quantitative estimate of drug-likeness (QED) is 0.880. The number of nitrogens with two attached hydrogens (primary N) is 1. The maximum absolute atomic E-state index is 13.7. The molecule has 3 rings (SSSR count). The van der Waals surface area contributed by atoms with Crippen LogP contribution in [-0.4, -0.2) is 34.2 Å². The molecule has 22 heavy (non-hydrogen) atoms. The molecule has 5 nitrogen and oxygen atoms in total. The number of fused-ring (bicyclic) bond motifs is 1. The highest BCUT2D eigenvalue weighted by atomic mass is 19.1. The highest BCUT2D eigenvalue weighted by Gasteiger charge is 2.46. The Hall–Kier alpha value is -1.95. The van der Waals surface area contributed by atoms with E-state index in [1.54, 1.807) is 0 Å². The van der Waals surface area contributed by atoms with E-state index in [2.05, 4.69) is 14.9 Å². The van der Waals surface area contributed by atoms with E-state index in [4.69, 9.17) is 5.73 Å². The molecular formula is C16H21FN4O. The van der Waals surface area contributed by atoms with Crippen molar-refractivity contribution < 1.29 is 9.18 Å². The number of carbonyl (C=O) groups is 1. The van der Waals surface area contributed by atoms with Crippen LogP contribution in [-0.2, 0) is 11.3 Å². The Kier molecular flexibility index (Phi) is 3.87. The van der Waals surface area contributed by atoms with Gasteiger partial charge in [-0.2, -0.15) is 0 Å². The molecule has 0 unspecified atom stereocenters. The molecule has 6 heteroatoms. The average Bonchev–Trinajstić information content (AvgIpc) is 2.80. The van der Waals surface area contributed by atoms with Gasteiger partial charge in [0.2, 0.25) is 5.91 Å². The van der Waals surface area contributed by atoms with Crippen molar-refractivity contribution in [1.82, 2.24) is 14.9 Å². The van der Waals surface area contributed by atoms with Gasteiger partial charge in [-0.15, -0.1) is 0 Å². The summed E-state index contributed by atoms with van der Waals surface area (Å²) in [6, 6.07) is 7.92. The second-order valence-corrected chi connectivity index (χ2v) is 6.05. The molecule has 0 spiro atoms. The number of rotatable bonds is 5. The molecule has 1 heterocycles. The SMILES string of the molecule is Cc1nc2ccccc2n1CCNC(=O)C1CC(F)(CN)C1. The standard InChI is InChI=1S/C16H21FN4O/c1-11-20-13-4-2-3-5-14(13)21(11)7-6-19-15(22)12-8-16(17,9-12)10-18/h2-5,12H,6-10,18H2,1H3,(H,19,22). The predicted molar refractivity (Wildman–Crippen MR) is 83.1 cm³/mol. The second kappa shape index (κ2) is 5.68. The number of alkyl halides is 1. The lowest BCUT2D eigenvalue weighted by Gasteiger charge is -2.39. The van der Waals surface area contributed by atoms with E-state index in [-0.39, 0.29) is 31.2 Å². The number of hydrogen-bond acceptors (Lipinski definition) is 3. The van der Waals surface area contributed by atoms with E-state index in [1.165, 1.54) is 0 Å². The summed E-state index contributed by atoms with van der Waals surface area (Å²) in [5.74, 6) is 0.600. The normalized spacial score (nSPS) is 24.2. The van der Waals surface area contributed by atoms with Crippen molar-refractivity contribution in [2.45, 2.75) is 32.0 Å². The summed E-state index contributed by atoms with van der Waals surface area (Å²) in [6.07, 6.45) is 0.477. The van der Waals surface area contributed by atoms with E-state index in [1.807, 2.05) is 31.2 Å². The first-order valence-electron chi connectivity index (χ1n) is 7.61. The van der Waals surface area contributed by atoms with Gasteiger partial charge in [-0.05, 0) is 31.9 Å². The molecule has 1 fully saturated rings. The van der Waals surface area contributed by atoms with E-state index >= 15 is 0 Å². The lowest BCUT2D eigenvalue weighted by molar-refractivity contribution is -0.133. The third kappa shape index (κ3) is 2.70. The molecule has 1 saturated carbocycles. The molecule has 0 aliphatic heterocycles. The Bertz CT molecular complexity index is 691. The second-order valence-electron chi connectivity index (χ2n) is 6.05.